The van der Waals surface area contributed by atoms with E-state index in [-0.39, 0.29) is 13.0 Å². The maximum Gasteiger partial charge on any atom is 0.381 e. The highest BCUT2D eigenvalue weighted by Crippen LogP contribution is 2.29. The SMILES string of the molecule is CCOC(=O)C(F)(F)c1ccc(C=CCCCCCC(=O)O)cc1. The molecule has 0 aromatic heterocycles. The number of benzene rings is 1. The van der Waals surface area contributed by atoms with Gasteiger partial charge in [-0.25, -0.2) is 4.79 Å². The predicted octanol–water partition coefficient (Wildman–Crippen LogP) is 4.39. The number of hydrogen-bond acceptors (Lipinski definition) is 3. The fraction of sp³-hybridized carbons (Fsp3) is 0.444. The lowest BCUT2D eigenvalue weighted by Gasteiger charge is -2.14. The molecule has 0 spiro atoms. The first kappa shape index (κ1) is 19.8. The van der Waals surface area contributed by atoms with Crippen LogP contribution in [0.3, 0.4) is 0 Å². The Kier molecular flexibility index (Phi) is 8.09. The molecule has 0 radical (unpaired) electrons. The Labute approximate surface area is 140 Å². The minimum Gasteiger partial charge on any atom is -0.481 e. The first-order chi connectivity index (χ1) is 11.4. The zero-order valence-corrected chi connectivity index (χ0v) is 13.6. The molecule has 0 amide bonds. The van der Waals surface area contributed by atoms with Gasteiger partial charge in [-0.05, 0) is 31.7 Å². The van der Waals surface area contributed by atoms with Crippen molar-refractivity contribution >= 4 is 18.0 Å². The molecule has 0 saturated carbocycles. The lowest BCUT2D eigenvalue weighted by molar-refractivity contribution is -0.173. The summed E-state index contributed by atoms with van der Waals surface area (Å²) in [6.45, 7) is 1.38. The van der Waals surface area contributed by atoms with Crippen LogP contribution < -0.4 is 0 Å². The monoisotopic (exact) mass is 340 g/mol. The Morgan fingerprint density at radius 3 is 2.42 bits per heavy atom. The molecule has 0 fully saturated rings. The fourth-order valence-electron chi connectivity index (χ4n) is 2.08. The van der Waals surface area contributed by atoms with E-state index in [4.69, 9.17) is 5.11 Å². The summed E-state index contributed by atoms with van der Waals surface area (Å²) in [6.07, 6.45) is 7.06. The van der Waals surface area contributed by atoms with Crippen LogP contribution in [0.4, 0.5) is 8.78 Å². The fourth-order valence-corrected chi connectivity index (χ4v) is 2.08. The Balaban J connectivity index is 2.48. The summed E-state index contributed by atoms with van der Waals surface area (Å²) in [5.74, 6) is -5.98. The van der Waals surface area contributed by atoms with E-state index in [0.29, 0.717) is 6.42 Å². The molecule has 24 heavy (non-hydrogen) atoms. The van der Waals surface area contributed by atoms with Crippen LogP contribution in [-0.4, -0.2) is 23.7 Å². The first-order valence-corrected chi connectivity index (χ1v) is 7.91. The van der Waals surface area contributed by atoms with E-state index in [9.17, 15) is 18.4 Å². The second-order valence-corrected chi connectivity index (χ2v) is 5.31. The van der Waals surface area contributed by atoms with Gasteiger partial charge in [-0.15, -0.1) is 0 Å². The summed E-state index contributed by atoms with van der Waals surface area (Å²) in [4.78, 5) is 21.6. The van der Waals surface area contributed by atoms with Gasteiger partial charge in [0.05, 0.1) is 6.61 Å². The molecular weight excluding hydrogens is 318 g/mol. The number of esters is 1. The van der Waals surface area contributed by atoms with E-state index >= 15 is 0 Å². The zero-order valence-electron chi connectivity index (χ0n) is 13.6. The molecule has 0 heterocycles. The van der Waals surface area contributed by atoms with Gasteiger partial charge < -0.3 is 9.84 Å². The van der Waals surface area contributed by atoms with Crippen molar-refractivity contribution in [3.05, 3.63) is 41.5 Å². The lowest BCUT2D eigenvalue weighted by atomic mass is 10.1. The van der Waals surface area contributed by atoms with Crippen LogP contribution in [0.15, 0.2) is 30.3 Å². The van der Waals surface area contributed by atoms with Crippen LogP contribution >= 0.6 is 0 Å². The van der Waals surface area contributed by atoms with Gasteiger partial charge in [0.2, 0.25) is 0 Å². The Morgan fingerprint density at radius 2 is 1.83 bits per heavy atom. The number of carbonyl (C=O) groups excluding carboxylic acids is 1. The Hall–Kier alpha value is -2.24. The minimum atomic E-state index is -3.65. The Morgan fingerprint density at radius 1 is 1.17 bits per heavy atom. The summed E-state index contributed by atoms with van der Waals surface area (Å²) in [5, 5.41) is 8.51. The van der Waals surface area contributed by atoms with Gasteiger partial charge in [0.1, 0.15) is 0 Å². The van der Waals surface area contributed by atoms with Crippen molar-refractivity contribution in [1.82, 2.24) is 0 Å². The van der Waals surface area contributed by atoms with Gasteiger partial charge in [-0.2, -0.15) is 8.78 Å². The maximum absolute atomic E-state index is 13.8. The van der Waals surface area contributed by atoms with Crippen molar-refractivity contribution < 1.29 is 28.2 Å². The number of carboxylic acids is 1. The topological polar surface area (TPSA) is 63.6 Å². The number of carbonyl (C=O) groups is 2. The Bertz CT molecular complexity index is 565. The first-order valence-electron chi connectivity index (χ1n) is 7.91. The smallest absolute Gasteiger partial charge is 0.381 e. The third-order valence-electron chi connectivity index (χ3n) is 3.38. The van der Waals surface area contributed by atoms with Gasteiger partial charge >= 0.3 is 17.9 Å². The van der Waals surface area contributed by atoms with Crippen molar-refractivity contribution in [1.29, 1.82) is 0 Å². The standard InChI is InChI=1S/C18H22F2O4/c1-2-24-17(23)18(19,20)15-12-10-14(11-13-15)8-6-4-3-5-7-9-16(21)22/h6,8,10-13H,2-5,7,9H2,1H3,(H,21,22). The lowest BCUT2D eigenvalue weighted by Crippen LogP contribution is -2.28. The van der Waals surface area contributed by atoms with E-state index in [2.05, 4.69) is 4.74 Å². The average molecular weight is 340 g/mol. The number of hydrogen-bond donors (Lipinski definition) is 1. The van der Waals surface area contributed by atoms with E-state index in [1.165, 1.54) is 31.2 Å². The molecule has 1 aromatic rings. The van der Waals surface area contributed by atoms with E-state index < -0.39 is 23.4 Å². The molecule has 4 nitrogen and oxygen atoms in total. The van der Waals surface area contributed by atoms with Gasteiger partial charge in [0.25, 0.3) is 0 Å². The number of allylic oxidation sites excluding steroid dienone is 1. The molecule has 1 N–H and O–H groups in total. The van der Waals surface area contributed by atoms with Gasteiger partial charge in [0.15, 0.2) is 0 Å². The number of aliphatic carboxylic acids is 1. The number of ether oxygens (including phenoxy) is 1. The van der Waals surface area contributed by atoms with Crippen LogP contribution in [0.1, 0.15) is 50.2 Å². The maximum atomic E-state index is 13.8. The molecule has 1 aromatic carbocycles. The third-order valence-corrected chi connectivity index (χ3v) is 3.38. The van der Waals surface area contributed by atoms with Gasteiger partial charge in [-0.1, -0.05) is 42.8 Å². The molecule has 0 bridgehead atoms. The molecule has 1 rings (SSSR count). The quantitative estimate of drug-likeness (QED) is 0.507. The molecule has 0 aliphatic rings. The number of rotatable bonds is 10. The number of alkyl halides is 2. The molecule has 132 valence electrons. The van der Waals surface area contributed by atoms with Crippen molar-refractivity contribution in [2.45, 2.75) is 45.0 Å². The van der Waals surface area contributed by atoms with Gasteiger partial charge in [-0.3, -0.25) is 4.79 Å². The largest absolute Gasteiger partial charge is 0.481 e. The van der Waals surface area contributed by atoms with Crippen molar-refractivity contribution in [2.75, 3.05) is 6.61 Å². The normalized spacial score (nSPS) is 11.6. The number of unbranched alkanes of at least 4 members (excludes halogenated alkanes) is 3. The van der Waals surface area contributed by atoms with Gasteiger partial charge in [0, 0.05) is 12.0 Å². The summed E-state index contributed by atoms with van der Waals surface area (Å²) in [6, 6.07) is 5.46. The van der Waals surface area contributed by atoms with Crippen molar-refractivity contribution in [2.24, 2.45) is 0 Å². The van der Waals surface area contributed by atoms with E-state index in [1.54, 1.807) is 0 Å². The molecule has 0 aliphatic heterocycles. The van der Waals surface area contributed by atoms with Crippen LogP contribution in [0, 0.1) is 0 Å². The molecule has 0 saturated heterocycles. The predicted molar refractivity (Wildman–Crippen MR) is 86.7 cm³/mol. The number of carboxylic acid groups (broad SMARTS) is 1. The number of halogens is 2. The molecule has 0 unspecified atom stereocenters. The van der Waals surface area contributed by atoms with Crippen LogP contribution in [0.5, 0.6) is 0 Å². The zero-order chi connectivity index (χ0) is 18.0. The van der Waals surface area contributed by atoms with Crippen LogP contribution in [-0.2, 0) is 20.2 Å². The molecular formula is C18H22F2O4. The van der Waals surface area contributed by atoms with Crippen molar-refractivity contribution in [3.8, 4) is 0 Å². The summed E-state index contributed by atoms with van der Waals surface area (Å²) in [7, 11) is 0. The highest BCUT2D eigenvalue weighted by Gasteiger charge is 2.42. The average Bonchev–Trinajstić information content (AvgIpc) is 2.54. The molecule has 0 aliphatic carbocycles. The van der Waals surface area contributed by atoms with Crippen molar-refractivity contribution in [3.63, 3.8) is 0 Å². The molecule has 6 heteroatoms. The summed E-state index contributed by atoms with van der Waals surface area (Å²) in [5.41, 5.74) is 0.357. The second-order valence-electron chi connectivity index (χ2n) is 5.31. The van der Waals surface area contributed by atoms with E-state index in [0.717, 1.165) is 24.8 Å². The highest BCUT2D eigenvalue weighted by atomic mass is 19.3. The molecule has 0 atom stereocenters. The minimum absolute atomic E-state index is 0.0955. The third kappa shape index (κ3) is 6.48. The summed E-state index contributed by atoms with van der Waals surface area (Å²) < 4.78 is 32.0. The second kappa shape index (κ2) is 9.80. The highest BCUT2D eigenvalue weighted by molar-refractivity contribution is 5.79. The van der Waals surface area contributed by atoms with Crippen LogP contribution in [0.2, 0.25) is 0 Å². The van der Waals surface area contributed by atoms with Crippen LogP contribution in [0.25, 0.3) is 6.08 Å². The summed E-state index contributed by atoms with van der Waals surface area (Å²) >= 11 is 0. The van der Waals surface area contributed by atoms with E-state index in [1.807, 2.05) is 12.2 Å².